The van der Waals surface area contributed by atoms with Gasteiger partial charge in [0.2, 0.25) is 0 Å². The van der Waals surface area contributed by atoms with E-state index in [1.54, 1.807) is 0 Å². The van der Waals surface area contributed by atoms with E-state index in [2.05, 4.69) is 360 Å². The van der Waals surface area contributed by atoms with Crippen LogP contribution in [0.25, 0.3) is 196 Å². The van der Waals surface area contributed by atoms with Crippen LogP contribution in [0.5, 0.6) is 0 Å². The number of anilines is 9. The lowest BCUT2D eigenvalue weighted by atomic mass is 9.98. The predicted octanol–water partition coefficient (Wildman–Crippen LogP) is 33.8. The van der Waals surface area contributed by atoms with Gasteiger partial charge in [-0.1, -0.05) is 273 Å². The van der Waals surface area contributed by atoms with Crippen LogP contribution in [0.4, 0.5) is 51.2 Å². The summed E-state index contributed by atoms with van der Waals surface area (Å²) in [5, 5.41) is 27.9. The van der Waals surface area contributed by atoms with Crippen LogP contribution in [0.15, 0.2) is 445 Å². The number of fused-ring (bicyclic) bond motifs is 27. The summed E-state index contributed by atoms with van der Waals surface area (Å²) < 4.78 is 38.3. The number of rotatable bonds is 9. The Morgan fingerprint density at radius 2 is 0.398 bits per heavy atom. The summed E-state index contributed by atoms with van der Waals surface area (Å²) in [7, 11) is 0. The van der Waals surface area contributed by atoms with Crippen molar-refractivity contribution in [1.82, 2.24) is 0 Å². The van der Waals surface area contributed by atoms with E-state index < -0.39 is 0 Å². The summed E-state index contributed by atoms with van der Waals surface area (Å²) in [4.78, 5) is 7.01. The fraction of sp³-hybridized carbons (Fsp3) is 0. The number of benzene rings is 21. The predicted molar refractivity (Wildman–Crippen MR) is 512 cm³/mol. The van der Waals surface area contributed by atoms with Gasteiger partial charge < -0.3 is 41.2 Å². The molecule has 123 heavy (non-hydrogen) atoms. The van der Waals surface area contributed by atoms with Crippen LogP contribution in [-0.2, 0) is 0 Å². The van der Waals surface area contributed by atoms with Gasteiger partial charge in [-0.25, -0.2) is 0 Å². The molecular formula is C114H69N3O6. The average molecular weight is 1580 g/mol. The van der Waals surface area contributed by atoms with Crippen LogP contribution in [0.1, 0.15) is 0 Å². The second-order valence-electron chi connectivity index (χ2n) is 31.6. The summed E-state index contributed by atoms with van der Waals surface area (Å²) in [5.41, 5.74) is 19.9. The molecule has 27 aromatic rings. The molecule has 27 rings (SSSR count). The lowest BCUT2D eigenvalue weighted by molar-refractivity contribution is 0.667. The maximum atomic E-state index is 6.58. The minimum atomic E-state index is 0.857. The van der Waals surface area contributed by atoms with Crippen LogP contribution >= 0.6 is 0 Å². The van der Waals surface area contributed by atoms with Crippen molar-refractivity contribution >= 4 is 247 Å². The Morgan fingerprint density at radius 3 is 0.854 bits per heavy atom. The molecule has 576 valence electrons. The third-order valence-corrected chi connectivity index (χ3v) is 24.7. The molecule has 21 aromatic carbocycles. The Kier molecular flexibility index (Phi) is 15.8. The lowest BCUT2D eigenvalue weighted by Crippen LogP contribution is -2.11. The van der Waals surface area contributed by atoms with Crippen LogP contribution in [0.3, 0.4) is 0 Å². The molecule has 0 amide bonds. The van der Waals surface area contributed by atoms with Crippen molar-refractivity contribution in [3.63, 3.8) is 0 Å². The van der Waals surface area contributed by atoms with Crippen molar-refractivity contribution < 1.29 is 26.5 Å². The Labute approximate surface area is 702 Å². The fourth-order valence-electron chi connectivity index (χ4n) is 19.2. The van der Waals surface area contributed by atoms with Crippen molar-refractivity contribution in [2.75, 3.05) is 14.7 Å². The normalized spacial score (nSPS) is 11.9. The Balaban J connectivity index is 0.000000101. The van der Waals surface area contributed by atoms with Crippen molar-refractivity contribution in [2.24, 2.45) is 0 Å². The highest BCUT2D eigenvalue weighted by Gasteiger charge is 2.27. The molecule has 0 unspecified atom stereocenters. The molecule has 6 heterocycles. The van der Waals surface area contributed by atoms with Crippen molar-refractivity contribution in [2.45, 2.75) is 0 Å². The van der Waals surface area contributed by atoms with Gasteiger partial charge in [0.15, 0.2) is 5.58 Å². The molecule has 6 aromatic heterocycles. The first-order valence-corrected chi connectivity index (χ1v) is 41.6. The van der Waals surface area contributed by atoms with E-state index in [-0.39, 0.29) is 0 Å². The van der Waals surface area contributed by atoms with Crippen LogP contribution in [-0.4, -0.2) is 0 Å². The fourth-order valence-corrected chi connectivity index (χ4v) is 19.2. The van der Waals surface area contributed by atoms with Crippen molar-refractivity contribution in [1.29, 1.82) is 0 Å². The standard InChI is InChI=1S/3C38H23NO2/c1-2-9-27-24(8-1)16-19-29-28(27)12-7-13-34(29)39(25-17-20-32-30-10-3-5-14-35(30)40-37(32)22-25)26-18-21-33-31-11-4-6-15-36(31)41-38(33)23-26;1-2-11-26-24(10-1)22-34(28-13-4-3-12-27(26)28)39(25-20-21-31-29-14-5-7-18-35(29)40-37(31)23-25)33-17-9-16-32-30-15-6-8-19-36(30)41-38(32)33;1-2-11-26-24(10-1)22-33(28-13-4-3-12-27(26)28)39(25-20-21-30-29-14-5-7-17-34(29)41-37(30)23-25)32-16-9-19-36-38(32)31-15-6-8-18-35(31)40-36/h3*1-23H. The number of hydrogen-bond donors (Lipinski definition) is 0. The number of nitrogens with zero attached hydrogens (tertiary/aromatic N) is 3. The molecule has 0 fully saturated rings. The van der Waals surface area contributed by atoms with Crippen LogP contribution < -0.4 is 14.7 Å². The summed E-state index contributed by atoms with van der Waals surface area (Å²) >= 11 is 0. The Hall–Kier alpha value is -16.6. The topological polar surface area (TPSA) is 88.6 Å². The van der Waals surface area contributed by atoms with Gasteiger partial charge in [-0.2, -0.15) is 0 Å². The molecule has 0 bridgehead atoms. The van der Waals surface area contributed by atoms with Crippen molar-refractivity contribution in [3.8, 4) is 0 Å². The summed E-state index contributed by atoms with van der Waals surface area (Å²) in [5.74, 6) is 0. The van der Waals surface area contributed by atoms with Crippen LogP contribution in [0, 0.1) is 0 Å². The zero-order valence-electron chi connectivity index (χ0n) is 66.1. The van der Waals surface area contributed by atoms with E-state index in [0.29, 0.717) is 0 Å². The van der Waals surface area contributed by atoms with Crippen molar-refractivity contribution in [3.05, 3.63) is 419 Å². The molecule has 0 atom stereocenters. The van der Waals surface area contributed by atoms with Gasteiger partial charge >= 0.3 is 0 Å². The van der Waals surface area contributed by atoms with Gasteiger partial charge in [0.05, 0.1) is 39.5 Å². The van der Waals surface area contributed by atoms with Gasteiger partial charge in [-0.05, 0) is 170 Å². The molecule has 0 saturated heterocycles. The first-order valence-electron chi connectivity index (χ1n) is 41.6. The SMILES string of the molecule is c1ccc2c(c1)cc(N(c1ccc3c(c1)oc1ccccc13)c1cccc3c1oc1ccccc13)c1ccccc12.c1ccc2c(c1)cc(N(c1ccc3c(c1)oc1ccccc13)c1cccc3oc4ccccc4c13)c1ccccc12.c1ccc2c(c1)ccc1c(N(c3ccc4c(c3)oc3ccccc34)c3ccc4c(c3)oc3ccccc34)cccc12. The van der Waals surface area contributed by atoms with Gasteiger partial charge in [-0.15, -0.1) is 0 Å². The molecule has 0 saturated carbocycles. The Morgan fingerprint density at radius 1 is 0.130 bits per heavy atom. The first-order chi connectivity index (χ1) is 61.0. The van der Waals surface area contributed by atoms with E-state index >= 15 is 0 Å². The second kappa shape index (κ2) is 28.0. The van der Waals surface area contributed by atoms with E-state index in [9.17, 15) is 0 Å². The first kappa shape index (κ1) is 69.5. The third kappa shape index (κ3) is 11.3. The monoisotopic (exact) mass is 1580 g/mol. The third-order valence-electron chi connectivity index (χ3n) is 24.7. The molecule has 0 aliphatic carbocycles. The van der Waals surface area contributed by atoms with Gasteiger partial charge in [-0.3, -0.25) is 0 Å². The van der Waals surface area contributed by atoms with Crippen LogP contribution in [0.2, 0.25) is 0 Å². The van der Waals surface area contributed by atoms with E-state index in [4.69, 9.17) is 26.5 Å². The summed E-state index contributed by atoms with van der Waals surface area (Å²) in [6, 6.07) is 147. The molecule has 0 radical (unpaired) electrons. The molecule has 0 aliphatic heterocycles. The summed E-state index contributed by atoms with van der Waals surface area (Å²) in [6.45, 7) is 0. The maximum Gasteiger partial charge on any atom is 0.159 e. The molecule has 0 aliphatic rings. The molecule has 9 heteroatoms. The second-order valence-corrected chi connectivity index (χ2v) is 31.6. The highest BCUT2D eigenvalue weighted by atomic mass is 16.3. The van der Waals surface area contributed by atoms with E-state index in [0.717, 1.165) is 183 Å². The quantitative estimate of drug-likeness (QED) is 0.131. The molecular weight excluding hydrogens is 1510 g/mol. The zero-order chi connectivity index (χ0) is 80.7. The highest BCUT2D eigenvalue weighted by molar-refractivity contribution is 6.22. The average Bonchev–Trinajstić information content (AvgIpc) is 1.64. The van der Waals surface area contributed by atoms with E-state index in [1.165, 1.54) is 64.6 Å². The Bertz CT molecular complexity index is 8860. The van der Waals surface area contributed by atoms with Gasteiger partial charge in [0.25, 0.3) is 0 Å². The molecule has 0 N–H and O–H groups in total. The van der Waals surface area contributed by atoms with Gasteiger partial charge in [0.1, 0.15) is 61.4 Å². The minimum absolute atomic E-state index is 0.857. The lowest BCUT2D eigenvalue weighted by Gasteiger charge is -2.28. The molecule has 9 nitrogen and oxygen atoms in total. The number of furan rings is 6. The largest absolute Gasteiger partial charge is 0.456 e. The van der Waals surface area contributed by atoms with E-state index in [1.807, 2.05) is 72.8 Å². The highest BCUT2D eigenvalue weighted by Crippen LogP contribution is 2.52. The maximum absolute atomic E-state index is 6.58. The molecule has 0 spiro atoms. The van der Waals surface area contributed by atoms with Gasteiger partial charge in [0, 0.05) is 117 Å². The zero-order valence-corrected chi connectivity index (χ0v) is 66.1. The number of para-hydroxylation sites is 7. The summed E-state index contributed by atoms with van der Waals surface area (Å²) in [6.07, 6.45) is 0. The number of hydrogen-bond acceptors (Lipinski definition) is 9. The smallest absolute Gasteiger partial charge is 0.159 e. The minimum Gasteiger partial charge on any atom is -0.456 e.